The molecule has 0 aliphatic rings. The number of sulfone groups is 1. The number of aryl methyl sites for hydroxylation is 2. The topological polar surface area (TPSA) is 107 Å². The molecule has 1 N–H and O–H groups in total. The number of nitrogens with zero attached hydrogens (tertiary/aromatic N) is 2. The van der Waals surface area contributed by atoms with E-state index in [1.807, 2.05) is 0 Å². The van der Waals surface area contributed by atoms with Crippen LogP contribution in [-0.4, -0.2) is 35.0 Å². The molecule has 0 unspecified atom stereocenters. The van der Waals surface area contributed by atoms with Crippen molar-refractivity contribution in [2.24, 2.45) is 14.1 Å². The molecule has 0 aliphatic carbocycles. The first-order chi connectivity index (χ1) is 13.1. The van der Waals surface area contributed by atoms with Gasteiger partial charge in [-0.1, -0.05) is 12.1 Å². The van der Waals surface area contributed by atoms with E-state index in [1.165, 1.54) is 40.3 Å². The molecule has 0 bridgehead atoms. The number of hydrogen-bond acceptors (Lipinski definition) is 5. The fourth-order valence-corrected chi connectivity index (χ4v) is 4.10. The molecule has 0 radical (unpaired) electrons. The first-order valence-corrected chi connectivity index (χ1v) is 10.0. The number of carbonyl (C=O) groups excluding carboxylic acids is 2. The van der Waals surface area contributed by atoms with Crippen LogP contribution >= 0.6 is 0 Å². The number of benzene rings is 2. The Kier molecular flexibility index (Phi) is 4.95. The standard InChI is InChI=1S/C19H19N3O5S/c1-12(23)13-5-4-6-14(9-13)20-18(24)11-28(26,27)15-7-8-16-17(10-15)22(3)19(25)21(16)2/h4-10H,11H2,1-3H3,(H,20,24). The molecular formula is C19H19N3O5S. The second-order valence-electron chi connectivity index (χ2n) is 6.50. The lowest BCUT2D eigenvalue weighted by Gasteiger charge is -2.08. The van der Waals surface area contributed by atoms with Crippen LogP contribution in [0.3, 0.4) is 0 Å². The Hall–Kier alpha value is -3.20. The molecule has 1 heterocycles. The Balaban J connectivity index is 1.85. The zero-order chi connectivity index (χ0) is 20.6. The van der Waals surface area contributed by atoms with Gasteiger partial charge in [-0.3, -0.25) is 18.7 Å². The number of nitrogens with one attached hydrogen (secondary N) is 1. The lowest BCUT2D eigenvalue weighted by molar-refractivity contribution is -0.113. The van der Waals surface area contributed by atoms with Gasteiger partial charge in [-0.15, -0.1) is 0 Å². The van der Waals surface area contributed by atoms with Gasteiger partial charge >= 0.3 is 5.69 Å². The van der Waals surface area contributed by atoms with Crippen LogP contribution in [0.1, 0.15) is 17.3 Å². The molecule has 2 aromatic carbocycles. The van der Waals surface area contributed by atoms with E-state index < -0.39 is 21.5 Å². The lowest BCUT2D eigenvalue weighted by Crippen LogP contribution is -2.23. The first-order valence-electron chi connectivity index (χ1n) is 8.39. The predicted molar refractivity (Wildman–Crippen MR) is 105 cm³/mol. The highest BCUT2D eigenvalue weighted by molar-refractivity contribution is 7.92. The minimum absolute atomic E-state index is 0.0474. The Bertz CT molecular complexity index is 1270. The number of hydrogen-bond donors (Lipinski definition) is 1. The van der Waals surface area contributed by atoms with Crippen LogP contribution in [0.2, 0.25) is 0 Å². The van der Waals surface area contributed by atoms with Gasteiger partial charge in [0, 0.05) is 25.3 Å². The molecule has 0 spiro atoms. The highest BCUT2D eigenvalue weighted by Crippen LogP contribution is 2.19. The fourth-order valence-electron chi connectivity index (χ4n) is 2.95. The second kappa shape index (κ2) is 7.08. The van der Waals surface area contributed by atoms with Gasteiger partial charge in [0.15, 0.2) is 15.6 Å². The summed E-state index contributed by atoms with van der Waals surface area (Å²) < 4.78 is 28.1. The van der Waals surface area contributed by atoms with Gasteiger partial charge in [-0.25, -0.2) is 13.2 Å². The van der Waals surface area contributed by atoms with Gasteiger partial charge in [-0.2, -0.15) is 0 Å². The second-order valence-corrected chi connectivity index (χ2v) is 8.48. The van der Waals surface area contributed by atoms with E-state index in [-0.39, 0.29) is 16.4 Å². The Morgan fingerprint density at radius 3 is 2.36 bits per heavy atom. The summed E-state index contributed by atoms with van der Waals surface area (Å²) in [5, 5.41) is 2.50. The summed E-state index contributed by atoms with van der Waals surface area (Å²) in [5.74, 6) is -1.64. The molecule has 0 saturated heterocycles. The highest BCUT2D eigenvalue weighted by Gasteiger charge is 2.21. The third-order valence-corrected chi connectivity index (χ3v) is 6.09. The molecular weight excluding hydrogens is 382 g/mol. The molecule has 0 fully saturated rings. The maximum absolute atomic E-state index is 12.6. The zero-order valence-corrected chi connectivity index (χ0v) is 16.4. The number of fused-ring (bicyclic) bond motifs is 1. The quantitative estimate of drug-likeness (QED) is 0.652. The Morgan fingerprint density at radius 2 is 1.68 bits per heavy atom. The van der Waals surface area contributed by atoms with Gasteiger partial charge in [0.05, 0.1) is 15.9 Å². The Labute approximate surface area is 161 Å². The van der Waals surface area contributed by atoms with Crippen molar-refractivity contribution in [2.75, 3.05) is 11.1 Å². The third-order valence-electron chi connectivity index (χ3n) is 4.48. The Morgan fingerprint density at radius 1 is 1.00 bits per heavy atom. The van der Waals surface area contributed by atoms with E-state index in [2.05, 4.69) is 5.32 Å². The molecule has 1 aromatic heterocycles. The number of amides is 1. The van der Waals surface area contributed by atoms with Crippen LogP contribution in [0.15, 0.2) is 52.2 Å². The monoisotopic (exact) mass is 401 g/mol. The minimum Gasteiger partial charge on any atom is -0.325 e. The molecule has 1 amide bonds. The number of ketones is 1. The fraction of sp³-hybridized carbons (Fsp3) is 0.211. The van der Waals surface area contributed by atoms with Crippen LogP contribution in [0.25, 0.3) is 11.0 Å². The maximum Gasteiger partial charge on any atom is 0.328 e. The molecule has 9 heteroatoms. The van der Waals surface area contributed by atoms with Crippen molar-refractivity contribution in [1.82, 2.24) is 9.13 Å². The van der Waals surface area contributed by atoms with E-state index in [0.717, 1.165) is 0 Å². The number of anilines is 1. The van der Waals surface area contributed by atoms with Gasteiger partial charge in [0.25, 0.3) is 0 Å². The number of aromatic nitrogens is 2. The summed E-state index contributed by atoms with van der Waals surface area (Å²) in [6.07, 6.45) is 0. The van der Waals surface area contributed by atoms with Crippen molar-refractivity contribution >= 4 is 38.2 Å². The smallest absolute Gasteiger partial charge is 0.325 e. The van der Waals surface area contributed by atoms with Crippen molar-refractivity contribution in [2.45, 2.75) is 11.8 Å². The van der Waals surface area contributed by atoms with Crippen molar-refractivity contribution in [3.05, 3.63) is 58.5 Å². The van der Waals surface area contributed by atoms with Crippen LogP contribution in [0.4, 0.5) is 5.69 Å². The van der Waals surface area contributed by atoms with Crippen LogP contribution in [-0.2, 0) is 28.7 Å². The average Bonchev–Trinajstić information content (AvgIpc) is 2.85. The van der Waals surface area contributed by atoms with E-state index >= 15 is 0 Å². The number of imidazole rings is 1. The average molecular weight is 401 g/mol. The molecule has 3 rings (SSSR count). The summed E-state index contributed by atoms with van der Waals surface area (Å²) >= 11 is 0. The first kappa shape index (κ1) is 19.6. The van der Waals surface area contributed by atoms with Gasteiger partial charge in [-0.05, 0) is 37.3 Å². The number of carbonyl (C=O) groups is 2. The molecule has 146 valence electrons. The van der Waals surface area contributed by atoms with E-state index in [0.29, 0.717) is 22.3 Å². The molecule has 0 saturated carbocycles. The summed E-state index contributed by atoms with van der Waals surface area (Å²) in [7, 11) is -0.771. The molecule has 0 aliphatic heterocycles. The lowest BCUT2D eigenvalue weighted by atomic mass is 10.1. The van der Waals surface area contributed by atoms with E-state index in [1.54, 1.807) is 32.3 Å². The number of Topliss-reactive ketones (excluding diaryl/α,β-unsaturated/α-hetero) is 1. The summed E-state index contributed by atoms with van der Waals surface area (Å²) in [6, 6.07) is 10.6. The van der Waals surface area contributed by atoms with Gasteiger partial charge < -0.3 is 5.32 Å². The predicted octanol–water partition coefficient (Wildman–Crippen LogP) is 1.49. The van der Waals surface area contributed by atoms with Crippen molar-refractivity contribution in [3.8, 4) is 0 Å². The maximum atomic E-state index is 12.6. The molecule has 28 heavy (non-hydrogen) atoms. The third kappa shape index (κ3) is 3.61. The van der Waals surface area contributed by atoms with Crippen LogP contribution < -0.4 is 11.0 Å². The van der Waals surface area contributed by atoms with E-state index in [4.69, 9.17) is 0 Å². The molecule has 0 atom stereocenters. The van der Waals surface area contributed by atoms with Gasteiger partial charge in [0.2, 0.25) is 5.91 Å². The summed E-state index contributed by atoms with van der Waals surface area (Å²) in [6.45, 7) is 1.40. The van der Waals surface area contributed by atoms with Gasteiger partial charge in [0.1, 0.15) is 5.75 Å². The normalized spacial score (nSPS) is 11.5. The highest BCUT2D eigenvalue weighted by atomic mass is 32.2. The SMILES string of the molecule is CC(=O)c1cccc(NC(=O)CS(=O)(=O)c2ccc3c(c2)n(C)c(=O)n3C)c1. The summed E-state index contributed by atoms with van der Waals surface area (Å²) in [5.41, 5.74) is 1.54. The molecule has 3 aromatic rings. The van der Waals surface area contributed by atoms with Crippen LogP contribution in [0.5, 0.6) is 0 Å². The van der Waals surface area contributed by atoms with Crippen molar-refractivity contribution in [3.63, 3.8) is 0 Å². The summed E-state index contributed by atoms with van der Waals surface area (Å²) in [4.78, 5) is 35.6. The van der Waals surface area contributed by atoms with Crippen molar-refractivity contribution in [1.29, 1.82) is 0 Å². The largest absolute Gasteiger partial charge is 0.328 e. The van der Waals surface area contributed by atoms with E-state index in [9.17, 15) is 22.8 Å². The zero-order valence-electron chi connectivity index (χ0n) is 15.6. The van der Waals surface area contributed by atoms with Crippen LogP contribution in [0, 0.1) is 0 Å². The molecule has 8 nitrogen and oxygen atoms in total. The van der Waals surface area contributed by atoms with Crippen molar-refractivity contribution < 1.29 is 18.0 Å². The minimum atomic E-state index is -3.92. The number of rotatable bonds is 5.